The molecule has 6 nitrogen and oxygen atoms in total. The van der Waals surface area contributed by atoms with E-state index in [0.717, 1.165) is 30.4 Å². The Morgan fingerprint density at radius 1 is 1.09 bits per heavy atom. The summed E-state index contributed by atoms with van der Waals surface area (Å²) in [6, 6.07) is 14.9. The summed E-state index contributed by atoms with van der Waals surface area (Å²) in [5.74, 6) is 0.974. The molecular weight excluding hydrogens is 424 g/mol. The molecule has 2 aromatic rings. The van der Waals surface area contributed by atoms with Crippen LogP contribution in [0.4, 0.5) is 0 Å². The summed E-state index contributed by atoms with van der Waals surface area (Å²) in [5.41, 5.74) is 1.81. The monoisotopic (exact) mass is 458 g/mol. The molecule has 0 bridgehead atoms. The Balaban J connectivity index is 1.71. The lowest BCUT2D eigenvalue weighted by atomic mass is 9.96. The van der Waals surface area contributed by atoms with E-state index >= 15 is 0 Å². The van der Waals surface area contributed by atoms with Crippen molar-refractivity contribution in [2.75, 3.05) is 20.2 Å². The summed E-state index contributed by atoms with van der Waals surface area (Å²) < 4.78 is 32.8. The molecule has 1 atom stereocenters. The van der Waals surface area contributed by atoms with Crippen LogP contribution in [-0.4, -0.2) is 38.8 Å². The molecule has 0 spiro atoms. The number of aryl methyl sites for hydroxylation is 1. The number of carbonyl (C=O) groups excluding carboxylic acids is 1. The van der Waals surface area contributed by atoms with Crippen molar-refractivity contribution in [3.63, 3.8) is 0 Å². The highest BCUT2D eigenvalue weighted by molar-refractivity contribution is 7.89. The minimum Gasteiger partial charge on any atom is -0.496 e. The van der Waals surface area contributed by atoms with Gasteiger partial charge in [0.1, 0.15) is 5.75 Å². The van der Waals surface area contributed by atoms with Crippen LogP contribution in [0.15, 0.2) is 53.4 Å². The fourth-order valence-corrected chi connectivity index (χ4v) is 5.71. The van der Waals surface area contributed by atoms with E-state index in [0.29, 0.717) is 31.2 Å². The van der Waals surface area contributed by atoms with E-state index in [1.54, 1.807) is 25.3 Å². The Morgan fingerprint density at radius 3 is 2.41 bits per heavy atom. The second kappa shape index (κ2) is 11.0. The van der Waals surface area contributed by atoms with E-state index < -0.39 is 10.0 Å². The number of benzene rings is 2. The predicted octanol–water partition coefficient (Wildman–Crippen LogP) is 4.32. The third kappa shape index (κ3) is 6.11. The number of hydrogen-bond acceptors (Lipinski definition) is 4. The molecule has 174 valence electrons. The largest absolute Gasteiger partial charge is 0.496 e. The van der Waals surface area contributed by atoms with Gasteiger partial charge in [0.25, 0.3) is 0 Å². The predicted molar refractivity (Wildman–Crippen MR) is 126 cm³/mol. The van der Waals surface area contributed by atoms with Crippen LogP contribution >= 0.6 is 0 Å². The maximum atomic E-state index is 12.9. The quantitative estimate of drug-likeness (QED) is 0.575. The molecule has 1 amide bonds. The zero-order chi connectivity index (χ0) is 23.1. The van der Waals surface area contributed by atoms with Crippen LogP contribution in [-0.2, 0) is 21.2 Å². The molecule has 1 N–H and O–H groups in total. The van der Waals surface area contributed by atoms with Gasteiger partial charge in [-0.25, -0.2) is 8.42 Å². The van der Waals surface area contributed by atoms with Gasteiger partial charge < -0.3 is 10.1 Å². The van der Waals surface area contributed by atoms with Crippen molar-refractivity contribution < 1.29 is 17.9 Å². The zero-order valence-electron chi connectivity index (χ0n) is 19.2. The number of rotatable bonds is 10. The van der Waals surface area contributed by atoms with Crippen molar-refractivity contribution in [1.29, 1.82) is 0 Å². The van der Waals surface area contributed by atoms with Gasteiger partial charge in [0.15, 0.2) is 0 Å². The molecule has 0 unspecified atom stereocenters. The lowest BCUT2D eigenvalue weighted by Crippen LogP contribution is -2.30. The summed E-state index contributed by atoms with van der Waals surface area (Å²) in [6.45, 7) is 5.39. The second-order valence-electron chi connectivity index (χ2n) is 8.75. The number of amides is 1. The fourth-order valence-electron chi connectivity index (χ4n) is 4.14. The molecule has 1 aliphatic rings. The van der Waals surface area contributed by atoms with Crippen LogP contribution in [0.25, 0.3) is 0 Å². The number of carbonyl (C=O) groups is 1. The average Bonchev–Trinajstić information content (AvgIpc) is 3.33. The standard InChI is InChI=1S/C25H34N2O4S/c1-19(2)17-23(20-9-5-4-6-10-20)26-25(28)14-11-21-18-22(12-13-24(21)31-3)32(29,30)27-15-7-8-16-27/h4-6,9-10,12-13,18-19,23H,7-8,11,14-17H2,1-3H3,(H,26,28)/t23-/m1/s1. The molecule has 1 fully saturated rings. The van der Waals surface area contributed by atoms with Gasteiger partial charge in [-0.1, -0.05) is 44.2 Å². The zero-order valence-corrected chi connectivity index (χ0v) is 20.0. The van der Waals surface area contributed by atoms with E-state index in [1.807, 2.05) is 30.3 Å². The highest BCUT2D eigenvalue weighted by Gasteiger charge is 2.28. The van der Waals surface area contributed by atoms with Gasteiger partial charge in [-0.2, -0.15) is 4.31 Å². The Hall–Kier alpha value is -2.38. The number of nitrogens with zero attached hydrogens (tertiary/aromatic N) is 1. The first-order chi connectivity index (χ1) is 15.3. The van der Waals surface area contributed by atoms with E-state index in [2.05, 4.69) is 19.2 Å². The van der Waals surface area contributed by atoms with Crippen LogP contribution < -0.4 is 10.1 Å². The van der Waals surface area contributed by atoms with Gasteiger partial charge in [-0.3, -0.25) is 4.79 Å². The maximum absolute atomic E-state index is 12.9. The molecule has 0 aromatic heterocycles. The molecule has 3 rings (SSSR count). The van der Waals surface area contributed by atoms with E-state index in [-0.39, 0.29) is 23.3 Å². The first-order valence-electron chi connectivity index (χ1n) is 11.3. The van der Waals surface area contributed by atoms with Crippen molar-refractivity contribution in [3.05, 3.63) is 59.7 Å². The van der Waals surface area contributed by atoms with Crippen molar-refractivity contribution >= 4 is 15.9 Å². The number of ether oxygens (including phenoxy) is 1. The fraction of sp³-hybridized carbons (Fsp3) is 0.480. The van der Waals surface area contributed by atoms with E-state index in [1.165, 1.54) is 4.31 Å². The summed E-state index contributed by atoms with van der Waals surface area (Å²) >= 11 is 0. The minimum atomic E-state index is -3.52. The lowest BCUT2D eigenvalue weighted by molar-refractivity contribution is -0.121. The third-order valence-corrected chi connectivity index (χ3v) is 7.71. The van der Waals surface area contributed by atoms with Crippen molar-refractivity contribution in [2.45, 2.75) is 56.9 Å². The summed E-state index contributed by atoms with van der Waals surface area (Å²) in [7, 11) is -1.96. The van der Waals surface area contributed by atoms with Gasteiger partial charge in [0.2, 0.25) is 15.9 Å². The minimum absolute atomic E-state index is 0.0486. The van der Waals surface area contributed by atoms with Crippen LogP contribution in [0.3, 0.4) is 0 Å². The maximum Gasteiger partial charge on any atom is 0.243 e. The Bertz CT molecular complexity index is 1000. The van der Waals surface area contributed by atoms with Gasteiger partial charge in [0, 0.05) is 19.5 Å². The van der Waals surface area contributed by atoms with Gasteiger partial charge in [-0.05, 0) is 60.9 Å². The highest BCUT2D eigenvalue weighted by Crippen LogP contribution is 2.28. The summed E-state index contributed by atoms with van der Waals surface area (Å²) in [4.78, 5) is 13.1. The molecule has 7 heteroatoms. The van der Waals surface area contributed by atoms with E-state index in [9.17, 15) is 13.2 Å². The molecule has 1 saturated heterocycles. The Kier molecular flexibility index (Phi) is 8.32. The topological polar surface area (TPSA) is 75.7 Å². The van der Waals surface area contributed by atoms with Gasteiger partial charge >= 0.3 is 0 Å². The van der Waals surface area contributed by atoms with Crippen molar-refractivity contribution in [2.24, 2.45) is 5.92 Å². The van der Waals surface area contributed by atoms with Crippen molar-refractivity contribution in [1.82, 2.24) is 9.62 Å². The number of hydrogen-bond donors (Lipinski definition) is 1. The van der Waals surface area contributed by atoms with Crippen LogP contribution in [0.2, 0.25) is 0 Å². The van der Waals surface area contributed by atoms with Crippen LogP contribution in [0.1, 0.15) is 56.7 Å². The second-order valence-corrected chi connectivity index (χ2v) is 10.7. The number of methoxy groups -OCH3 is 1. The molecule has 0 radical (unpaired) electrons. The smallest absolute Gasteiger partial charge is 0.243 e. The average molecular weight is 459 g/mol. The Labute approximate surface area is 192 Å². The first kappa shape index (κ1) is 24.3. The molecule has 0 aliphatic carbocycles. The highest BCUT2D eigenvalue weighted by atomic mass is 32.2. The Morgan fingerprint density at radius 2 is 1.78 bits per heavy atom. The molecule has 0 saturated carbocycles. The van der Waals surface area contributed by atoms with Crippen LogP contribution in [0.5, 0.6) is 5.75 Å². The number of sulfonamides is 1. The molecular formula is C25H34N2O4S. The van der Waals surface area contributed by atoms with Gasteiger partial charge in [0.05, 0.1) is 18.0 Å². The molecule has 1 heterocycles. The molecule has 2 aromatic carbocycles. The third-order valence-electron chi connectivity index (χ3n) is 5.82. The summed E-state index contributed by atoms with van der Waals surface area (Å²) in [5, 5.41) is 3.16. The van der Waals surface area contributed by atoms with Crippen molar-refractivity contribution in [3.8, 4) is 5.75 Å². The molecule has 1 aliphatic heterocycles. The normalized spacial score (nSPS) is 15.6. The summed E-state index contributed by atoms with van der Waals surface area (Å²) in [6.07, 6.45) is 3.29. The molecule has 32 heavy (non-hydrogen) atoms. The lowest BCUT2D eigenvalue weighted by Gasteiger charge is -2.21. The SMILES string of the molecule is COc1ccc(S(=O)(=O)N2CCCC2)cc1CCC(=O)N[C@H](CC(C)C)c1ccccc1. The van der Waals surface area contributed by atoms with Gasteiger partial charge in [-0.15, -0.1) is 0 Å². The van der Waals surface area contributed by atoms with E-state index in [4.69, 9.17) is 4.74 Å². The van der Waals surface area contributed by atoms with Crippen LogP contribution in [0, 0.1) is 5.92 Å². The number of nitrogens with one attached hydrogen (secondary N) is 1. The first-order valence-corrected chi connectivity index (χ1v) is 12.8.